The van der Waals surface area contributed by atoms with E-state index in [9.17, 15) is 33.0 Å². The van der Waals surface area contributed by atoms with Gasteiger partial charge in [-0.25, -0.2) is 37.3 Å². The highest BCUT2D eigenvalue weighted by Crippen LogP contribution is 2.47. The number of amides is 3. The van der Waals surface area contributed by atoms with Crippen molar-refractivity contribution in [2.75, 3.05) is 56.7 Å². The van der Waals surface area contributed by atoms with Crippen molar-refractivity contribution in [2.24, 2.45) is 20.2 Å². The Morgan fingerprint density at radius 3 is 2.13 bits per heavy atom. The number of phenolic OH excluding ortho intramolecular Hbond substituents is 1. The minimum absolute atomic E-state index is 0. The van der Waals surface area contributed by atoms with Crippen molar-refractivity contribution in [3.8, 4) is 40.0 Å². The van der Waals surface area contributed by atoms with Crippen LogP contribution in [0.5, 0.6) is 28.7 Å². The average Bonchev–Trinajstić information content (AvgIpc) is 1.62. The van der Waals surface area contributed by atoms with Gasteiger partial charge in [0.1, 0.15) is 70.1 Å². The quantitative estimate of drug-likeness (QED) is 0.0364. The number of nitrogens with one attached hydrogen (secondary N) is 3. The van der Waals surface area contributed by atoms with Crippen LogP contribution >= 0.6 is 48.3 Å². The second-order valence-electron chi connectivity index (χ2n) is 23.7. The standard InChI is InChI=1S/C30H30Cl2N4O4.C27H20ClFN4O4.C18H17N5O3S.H2S/c1-18(2)40-25-16-23(39-3)12-13-24(25)29-34-27(19-4-8-21(31)9-5-19)28(20-6-10-22(32)11-7-20)36(29)30(38)35-15-14-33-26(37)17-35;1-36-21-5-3-4-20(29)23(21)25-19-10-15(28)6-8-17(19)24-14(12-30-25)13-31-27(33-24)32-16-7-9-18(26(34)35)22(11-16)37-2;1-12-10-16(15(19)11-17(12)24)22-21-13-5-7-14(8-6-13)27(25,26)23-18-4-2-3-9-20-18;/h4-13,16,18,27-28H,14-15,17H2,1-3H3,(H,33,37);3-11,13H,12H2,1-2H3,(H,34,35)(H,31,32,33);2-11,24H,19H2,1H3,(H,20,23);1H2/t27-,28+;;;/m0.../s1. The summed E-state index contributed by atoms with van der Waals surface area (Å²) in [5.74, 6) is 0.965. The normalized spacial score (nSPS) is 14.4. The maximum Gasteiger partial charge on any atom is 0.339 e. The molecule has 0 aliphatic carbocycles. The number of sulfonamides is 1. The predicted molar refractivity (Wildman–Crippen MR) is 407 cm³/mol. The summed E-state index contributed by atoms with van der Waals surface area (Å²) in [5, 5.41) is 34.6. The van der Waals surface area contributed by atoms with Crippen LogP contribution in [0.4, 0.5) is 43.7 Å². The topological polar surface area (TPSA) is 319 Å². The molecule has 3 aliphatic heterocycles. The number of aliphatic imine (C=N–C) groups is 2. The van der Waals surface area contributed by atoms with E-state index in [0.29, 0.717) is 108 Å². The zero-order valence-corrected chi connectivity index (χ0v) is 61.1. The number of nitrogens with zero attached hydrogens (tertiary/aromatic N) is 9. The number of halogens is 4. The zero-order chi connectivity index (χ0) is 73.9. The molecule has 0 unspecified atom stereocenters. The van der Waals surface area contributed by atoms with Gasteiger partial charge in [-0.2, -0.15) is 18.6 Å². The van der Waals surface area contributed by atoms with E-state index in [1.165, 1.54) is 62.9 Å². The molecular weight excluding hydrogens is 1450 g/mol. The first-order valence-electron chi connectivity index (χ1n) is 32.0. The molecule has 3 aliphatic rings. The molecular formula is C75H69Cl3FN13O11S2. The molecule has 5 heterocycles. The number of piperazine rings is 1. The lowest BCUT2D eigenvalue weighted by Gasteiger charge is -2.36. The molecule has 2 atom stereocenters. The van der Waals surface area contributed by atoms with Crippen LogP contribution in [0.25, 0.3) is 11.3 Å². The number of carbonyl (C=O) groups excluding carboxylic acids is 2. The van der Waals surface area contributed by atoms with Gasteiger partial charge in [0, 0.05) is 81.1 Å². The van der Waals surface area contributed by atoms with Gasteiger partial charge in [-0.1, -0.05) is 77.3 Å². The van der Waals surface area contributed by atoms with Crippen molar-refractivity contribution >= 4 is 122 Å². The van der Waals surface area contributed by atoms with Crippen LogP contribution in [0.1, 0.15) is 75.2 Å². The molecule has 30 heteroatoms. The largest absolute Gasteiger partial charge is 0.508 e. The number of carboxylic acids is 1. The summed E-state index contributed by atoms with van der Waals surface area (Å²) < 4.78 is 64.5. The first-order chi connectivity index (χ1) is 50.0. The number of phenols is 1. The summed E-state index contributed by atoms with van der Waals surface area (Å²) >= 11 is 18.8. The second kappa shape index (κ2) is 33.8. The number of azo groups is 1. The summed E-state index contributed by atoms with van der Waals surface area (Å²) in [4.78, 5) is 64.3. The van der Waals surface area contributed by atoms with Gasteiger partial charge in [0.25, 0.3) is 10.0 Å². The molecule has 0 saturated carbocycles. The lowest BCUT2D eigenvalue weighted by atomic mass is 9.93. The number of hydrogen-bond donors (Lipinski definition) is 6. The lowest BCUT2D eigenvalue weighted by molar-refractivity contribution is -0.123. The van der Waals surface area contributed by atoms with Crippen LogP contribution in [-0.2, 0) is 21.4 Å². The number of amidine groups is 1. The van der Waals surface area contributed by atoms with E-state index in [1.807, 2.05) is 68.4 Å². The Balaban J connectivity index is 0.000000171. The van der Waals surface area contributed by atoms with Gasteiger partial charge in [0.15, 0.2) is 0 Å². The number of benzene rings is 8. The third-order valence-corrected chi connectivity index (χ3v) is 18.5. The minimum atomic E-state index is -3.75. The van der Waals surface area contributed by atoms with Crippen LogP contribution in [0.15, 0.2) is 213 Å². The predicted octanol–water partition coefficient (Wildman–Crippen LogP) is 15.6. The SMILES string of the molecule is COc1cc(Nc2ncc3c(n2)-c2ccc(Cl)cc2C(c2c(F)cccc2OC)=NC3)ccc1C(=O)O.COc1ccc(C2=N[C@@H](c3ccc(Cl)cc3)[C@@H](c3ccc(Cl)cc3)N2C(=O)N2CCNC(=O)C2)c(OC(C)C)c1.Cc1cc(N=Nc2ccc(S(=O)(=O)Nc3ccccn3)cc2)c(N)cc1O.S. The lowest BCUT2D eigenvalue weighted by Crippen LogP contribution is -2.55. The number of carbonyl (C=O) groups is 3. The van der Waals surface area contributed by atoms with Gasteiger partial charge in [-0.05, 0) is 153 Å². The fourth-order valence-electron chi connectivity index (χ4n) is 11.4. The molecule has 0 radical (unpaired) electrons. The monoisotopic (exact) mass is 1520 g/mol. The Hall–Kier alpha value is -11.4. The molecule has 13 rings (SSSR count). The summed E-state index contributed by atoms with van der Waals surface area (Å²) in [6.45, 7) is 6.51. The number of carboxylic acid groups (broad SMARTS) is 1. The van der Waals surface area contributed by atoms with Crippen molar-refractivity contribution < 1.29 is 56.4 Å². The molecule has 105 heavy (non-hydrogen) atoms. The second-order valence-corrected chi connectivity index (χ2v) is 26.7. The van der Waals surface area contributed by atoms with Crippen LogP contribution in [0, 0.1) is 12.7 Å². The fraction of sp³-hybridized carbons (Fsp3) is 0.173. The summed E-state index contributed by atoms with van der Waals surface area (Å²) in [6, 6.07) is 47.3. The summed E-state index contributed by atoms with van der Waals surface area (Å²) in [6.07, 6.45) is 3.01. The smallest absolute Gasteiger partial charge is 0.339 e. The van der Waals surface area contributed by atoms with E-state index in [2.05, 4.69) is 35.6 Å². The molecule has 1 fully saturated rings. The van der Waals surface area contributed by atoms with Crippen LogP contribution < -0.4 is 40.0 Å². The van der Waals surface area contributed by atoms with Gasteiger partial charge < -0.3 is 50.4 Å². The number of methoxy groups -OCH3 is 3. The summed E-state index contributed by atoms with van der Waals surface area (Å²) in [5.41, 5.74) is 13.8. The van der Waals surface area contributed by atoms with Crippen molar-refractivity contribution in [3.05, 3.63) is 254 Å². The highest BCUT2D eigenvalue weighted by Gasteiger charge is 2.45. The molecule has 540 valence electrons. The number of urea groups is 1. The molecule has 8 aromatic carbocycles. The van der Waals surface area contributed by atoms with E-state index < -0.39 is 33.9 Å². The van der Waals surface area contributed by atoms with Crippen molar-refractivity contribution in [1.29, 1.82) is 0 Å². The third-order valence-electron chi connectivity index (χ3n) is 16.4. The van der Waals surface area contributed by atoms with Crippen LogP contribution in [0.3, 0.4) is 0 Å². The van der Waals surface area contributed by atoms with Crippen molar-refractivity contribution in [3.63, 3.8) is 0 Å². The van der Waals surface area contributed by atoms with E-state index in [4.69, 9.17) is 74.5 Å². The van der Waals surface area contributed by atoms with Crippen LogP contribution in [-0.4, -0.2) is 120 Å². The molecule has 24 nitrogen and oxygen atoms in total. The highest BCUT2D eigenvalue weighted by atomic mass is 35.5. The number of anilines is 4. The van der Waals surface area contributed by atoms with Gasteiger partial charge in [0.05, 0.1) is 78.8 Å². The van der Waals surface area contributed by atoms with Crippen molar-refractivity contribution in [1.82, 2.24) is 30.1 Å². The maximum absolute atomic E-state index is 15.0. The van der Waals surface area contributed by atoms with Gasteiger partial charge in [-0.15, -0.1) is 5.11 Å². The number of aromatic hydroxyl groups is 1. The van der Waals surface area contributed by atoms with Gasteiger partial charge >= 0.3 is 12.0 Å². The highest BCUT2D eigenvalue weighted by molar-refractivity contribution is 7.92. The number of rotatable bonds is 17. The number of nitrogens with two attached hydrogens (primary N) is 1. The number of fused-ring (bicyclic) bond motifs is 3. The first kappa shape index (κ1) is 76.3. The Labute approximate surface area is 625 Å². The Kier molecular flexibility index (Phi) is 24.6. The van der Waals surface area contributed by atoms with Crippen molar-refractivity contribution in [2.45, 2.75) is 50.4 Å². The molecule has 0 bridgehead atoms. The number of nitrogen functional groups attached to an aromatic ring is 1. The molecule has 7 N–H and O–H groups in total. The zero-order valence-electron chi connectivity index (χ0n) is 57.0. The molecule has 0 spiro atoms. The minimum Gasteiger partial charge on any atom is -0.508 e. The van der Waals surface area contributed by atoms with E-state index in [-0.39, 0.29) is 83.9 Å². The molecule has 2 aromatic heterocycles. The Morgan fingerprint density at radius 2 is 1.47 bits per heavy atom. The Morgan fingerprint density at radius 1 is 0.762 bits per heavy atom. The fourth-order valence-corrected chi connectivity index (χ4v) is 12.8. The Bertz CT molecular complexity index is 5090. The number of hydrogen-bond acceptors (Lipinski definition) is 19. The van der Waals surface area contributed by atoms with E-state index in [0.717, 1.165) is 16.7 Å². The van der Waals surface area contributed by atoms with E-state index in [1.54, 1.807) is 109 Å². The maximum atomic E-state index is 15.0. The number of pyridine rings is 1. The van der Waals surface area contributed by atoms with Gasteiger partial charge in [-0.3, -0.25) is 24.4 Å². The molecule has 1 saturated heterocycles. The number of aromatic carboxylic acids is 1. The summed E-state index contributed by atoms with van der Waals surface area (Å²) in [7, 11) is 0.716. The average molecular weight is 1520 g/mol. The molecule has 10 aromatic rings. The van der Waals surface area contributed by atoms with E-state index >= 15 is 4.39 Å². The number of ether oxygens (including phenoxy) is 4. The molecule has 3 amide bonds. The number of aromatic nitrogens is 3. The van der Waals surface area contributed by atoms with Gasteiger partial charge in [0.2, 0.25) is 11.9 Å². The third kappa shape index (κ3) is 18.0. The first-order valence-corrected chi connectivity index (χ1v) is 34.7. The van der Waals surface area contributed by atoms with Crippen LogP contribution in [0.2, 0.25) is 15.1 Å². The number of aryl methyl sites for hydroxylation is 1.